The van der Waals surface area contributed by atoms with Crippen LogP contribution in [-0.4, -0.2) is 17.6 Å². The third-order valence-corrected chi connectivity index (χ3v) is 2.58. The van der Waals surface area contributed by atoms with E-state index in [9.17, 15) is 14.0 Å². The molecule has 98 valence electrons. The van der Waals surface area contributed by atoms with Crippen LogP contribution >= 0.6 is 0 Å². The highest BCUT2D eigenvalue weighted by atomic mass is 19.1. The van der Waals surface area contributed by atoms with Gasteiger partial charge in [-0.25, -0.2) is 9.18 Å². The van der Waals surface area contributed by atoms with Crippen LogP contribution in [0.4, 0.5) is 4.39 Å². The summed E-state index contributed by atoms with van der Waals surface area (Å²) in [6, 6.07) is 5.62. The first-order valence-corrected chi connectivity index (χ1v) is 5.77. The zero-order valence-corrected chi connectivity index (χ0v) is 10.3. The van der Waals surface area contributed by atoms with Gasteiger partial charge in [0, 0.05) is 18.0 Å². The van der Waals surface area contributed by atoms with Crippen molar-refractivity contribution < 1.29 is 13.9 Å². The number of H-pyrrole nitrogens is 1. The van der Waals surface area contributed by atoms with Crippen molar-refractivity contribution in [1.82, 2.24) is 4.98 Å². The Labute approximate surface area is 108 Å². The molecule has 0 atom stereocenters. The molecule has 1 aromatic carbocycles. The van der Waals surface area contributed by atoms with Crippen molar-refractivity contribution in [3.05, 3.63) is 58.3 Å². The highest BCUT2D eigenvalue weighted by Gasteiger charge is 2.15. The van der Waals surface area contributed by atoms with Crippen LogP contribution in [0, 0.1) is 5.82 Å². The molecule has 19 heavy (non-hydrogen) atoms. The van der Waals surface area contributed by atoms with E-state index in [4.69, 9.17) is 4.74 Å². The monoisotopic (exact) mass is 261 g/mol. The van der Waals surface area contributed by atoms with Crippen molar-refractivity contribution in [3.8, 4) is 11.1 Å². The Morgan fingerprint density at radius 3 is 2.84 bits per heavy atom. The number of ether oxygens (including phenoxy) is 1. The summed E-state index contributed by atoms with van der Waals surface area (Å²) in [6.45, 7) is 1.84. The van der Waals surface area contributed by atoms with E-state index in [0.717, 1.165) is 0 Å². The Kier molecular flexibility index (Phi) is 3.75. The second-order valence-corrected chi connectivity index (χ2v) is 3.84. The molecule has 0 amide bonds. The van der Waals surface area contributed by atoms with E-state index in [0.29, 0.717) is 5.56 Å². The Balaban J connectivity index is 2.52. The minimum Gasteiger partial charge on any atom is -0.462 e. The van der Waals surface area contributed by atoms with E-state index in [1.54, 1.807) is 13.0 Å². The molecule has 0 aliphatic heterocycles. The van der Waals surface area contributed by atoms with Gasteiger partial charge in [-0.05, 0) is 24.6 Å². The molecule has 1 aromatic heterocycles. The van der Waals surface area contributed by atoms with Gasteiger partial charge in [0.25, 0.3) is 0 Å². The topological polar surface area (TPSA) is 59.2 Å². The van der Waals surface area contributed by atoms with Crippen LogP contribution in [0.3, 0.4) is 0 Å². The molecule has 1 heterocycles. The fourth-order valence-corrected chi connectivity index (χ4v) is 1.72. The number of carbonyl (C=O) groups excluding carboxylic acids is 1. The number of rotatable bonds is 3. The van der Waals surface area contributed by atoms with Crippen LogP contribution in [0.5, 0.6) is 0 Å². The number of pyridine rings is 1. The second-order valence-electron chi connectivity index (χ2n) is 3.84. The van der Waals surface area contributed by atoms with E-state index in [1.165, 1.54) is 30.6 Å². The van der Waals surface area contributed by atoms with Gasteiger partial charge < -0.3 is 9.72 Å². The van der Waals surface area contributed by atoms with Crippen molar-refractivity contribution in [1.29, 1.82) is 0 Å². The summed E-state index contributed by atoms with van der Waals surface area (Å²) in [7, 11) is 0. The molecule has 0 saturated carbocycles. The number of carbonyl (C=O) groups is 1. The summed E-state index contributed by atoms with van der Waals surface area (Å²) in [4.78, 5) is 26.5. The van der Waals surface area contributed by atoms with Gasteiger partial charge in [-0.2, -0.15) is 0 Å². The molecule has 0 fully saturated rings. The molecule has 0 aliphatic rings. The lowest BCUT2D eigenvalue weighted by molar-refractivity contribution is 0.0524. The van der Waals surface area contributed by atoms with Gasteiger partial charge in [0.2, 0.25) is 5.43 Å². The van der Waals surface area contributed by atoms with Crippen molar-refractivity contribution in [2.75, 3.05) is 6.61 Å². The summed E-state index contributed by atoms with van der Waals surface area (Å²) in [5.74, 6) is -1.14. The smallest absolute Gasteiger partial charge is 0.343 e. The predicted molar refractivity (Wildman–Crippen MR) is 68.4 cm³/mol. The first-order chi connectivity index (χ1) is 9.13. The van der Waals surface area contributed by atoms with Crippen LogP contribution in [0.1, 0.15) is 17.3 Å². The lowest BCUT2D eigenvalue weighted by Gasteiger charge is -2.04. The van der Waals surface area contributed by atoms with Crippen LogP contribution in [0.15, 0.2) is 41.5 Å². The SMILES string of the molecule is CCOC(=O)c1c[nH]cc(-c2cccc(F)c2)c1=O. The molecule has 0 radical (unpaired) electrons. The quantitative estimate of drug-likeness (QED) is 0.863. The van der Waals surface area contributed by atoms with E-state index in [2.05, 4.69) is 4.98 Å². The molecular formula is C14H12FNO3. The molecule has 2 rings (SSSR count). The largest absolute Gasteiger partial charge is 0.462 e. The standard InChI is InChI=1S/C14H12FNO3/c1-2-19-14(18)12-8-16-7-11(13(12)17)9-4-3-5-10(15)6-9/h3-8H,2H2,1H3,(H,16,17). The molecule has 0 spiro atoms. The molecule has 1 N–H and O–H groups in total. The third-order valence-electron chi connectivity index (χ3n) is 2.58. The maximum absolute atomic E-state index is 13.2. The van der Waals surface area contributed by atoms with Crippen molar-refractivity contribution in [3.63, 3.8) is 0 Å². The number of halogens is 1. The minimum absolute atomic E-state index is 0.0939. The number of nitrogens with one attached hydrogen (secondary N) is 1. The fourth-order valence-electron chi connectivity index (χ4n) is 1.72. The maximum atomic E-state index is 13.2. The highest BCUT2D eigenvalue weighted by molar-refractivity contribution is 5.90. The van der Waals surface area contributed by atoms with Gasteiger partial charge in [0.05, 0.1) is 6.61 Å². The average molecular weight is 261 g/mol. The number of benzene rings is 1. The first kappa shape index (κ1) is 13.0. The summed E-state index contributed by atoms with van der Waals surface area (Å²) in [5, 5.41) is 0. The van der Waals surface area contributed by atoms with Gasteiger partial charge in [0.15, 0.2) is 0 Å². The van der Waals surface area contributed by atoms with E-state index in [-0.39, 0.29) is 17.7 Å². The zero-order chi connectivity index (χ0) is 13.8. The van der Waals surface area contributed by atoms with Gasteiger partial charge in [-0.3, -0.25) is 4.79 Å². The van der Waals surface area contributed by atoms with E-state index >= 15 is 0 Å². The summed E-state index contributed by atoms with van der Waals surface area (Å²) in [6.07, 6.45) is 2.71. The number of aromatic amines is 1. The molecule has 4 nitrogen and oxygen atoms in total. The molecule has 0 aliphatic carbocycles. The minimum atomic E-state index is -0.693. The second kappa shape index (κ2) is 5.48. The maximum Gasteiger partial charge on any atom is 0.343 e. The Morgan fingerprint density at radius 2 is 2.16 bits per heavy atom. The third kappa shape index (κ3) is 2.70. The van der Waals surface area contributed by atoms with Crippen molar-refractivity contribution >= 4 is 5.97 Å². The Bertz CT molecular complexity index is 664. The molecule has 0 bridgehead atoms. The number of hydrogen-bond acceptors (Lipinski definition) is 3. The van der Waals surface area contributed by atoms with E-state index in [1.807, 2.05) is 0 Å². The Morgan fingerprint density at radius 1 is 1.37 bits per heavy atom. The molecule has 0 saturated heterocycles. The molecular weight excluding hydrogens is 249 g/mol. The fraction of sp³-hybridized carbons (Fsp3) is 0.143. The lowest BCUT2D eigenvalue weighted by atomic mass is 10.1. The van der Waals surface area contributed by atoms with Crippen LogP contribution < -0.4 is 5.43 Å². The van der Waals surface area contributed by atoms with Crippen molar-refractivity contribution in [2.45, 2.75) is 6.92 Å². The lowest BCUT2D eigenvalue weighted by Crippen LogP contribution is -2.19. The normalized spacial score (nSPS) is 10.2. The summed E-state index contributed by atoms with van der Waals surface area (Å²) < 4.78 is 18.0. The van der Waals surface area contributed by atoms with Gasteiger partial charge in [0.1, 0.15) is 11.4 Å². The number of esters is 1. The van der Waals surface area contributed by atoms with Gasteiger partial charge in [-0.1, -0.05) is 12.1 Å². The van der Waals surface area contributed by atoms with Crippen LogP contribution in [-0.2, 0) is 4.74 Å². The molecule has 2 aromatic rings. The highest BCUT2D eigenvalue weighted by Crippen LogP contribution is 2.16. The first-order valence-electron chi connectivity index (χ1n) is 5.77. The van der Waals surface area contributed by atoms with Crippen LogP contribution in [0.25, 0.3) is 11.1 Å². The van der Waals surface area contributed by atoms with Crippen molar-refractivity contribution in [2.24, 2.45) is 0 Å². The van der Waals surface area contributed by atoms with Gasteiger partial charge >= 0.3 is 5.97 Å². The van der Waals surface area contributed by atoms with E-state index < -0.39 is 17.2 Å². The Hall–Kier alpha value is -2.43. The van der Waals surface area contributed by atoms with Gasteiger partial charge in [-0.15, -0.1) is 0 Å². The molecule has 0 unspecified atom stereocenters. The predicted octanol–water partition coefficient (Wildman–Crippen LogP) is 2.36. The summed E-state index contributed by atoms with van der Waals surface area (Å²) in [5.41, 5.74) is 0.0591. The molecule has 5 heteroatoms. The number of aromatic nitrogens is 1. The average Bonchev–Trinajstić information content (AvgIpc) is 2.39. The number of hydrogen-bond donors (Lipinski definition) is 1. The van der Waals surface area contributed by atoms with Crippen LogP contribution in [0.2, 0.25) is 0 Å². The zero-order valence-electron chi connectivity index (χ0n) is 10.3. The summed E-state index contributed by atoms with van der Waals surface area (Å²) >= 11 is 0.